The number of fused-ring (bicyclic) bond motifs is 1. The van der Waals surface area contributed by atoms with E-state index in [0.717, 1.165) is 31.6 Å². The number of amides is 1. The summed E-state index contributed by atoms with van der Waals surface area (Å²) in [5, 5.41) is 0. The van der Waals surface area contributed by atoms with Gasteiger partial charge in [-0.2, -0.15) is 0 Å². The topological polar surface area (TPSA) is 55.6 Å². The van der Waals surface area contributed by atoms with Gasteiger partial charge in [-0.15, -0.1) is 0 Å². The van der Waals surface area contributed by atoms with Crippen LogP contribution in [-0.4, -0.2) is 35.5 Å². The molecule has 2 unspecified atom stereocenters. The minimum absolute atomic E-state index is 0.0117. The van der Waals surface area contributed by atoms with Gasteiger partial charge in [0.05, 0.1) is 6.04 Å². The molecule has 122 valence electrons. The Bertz CT molecular complexity index is 528. The highest BCUT2D eigenvalue weighted by Gasteiger charge is 2.39. The molecule has 0 spiro atoms. The average molecular weight is 304 g/mol. The SMILES string of the molecule is CCCN(C(C)C)C1Cc2c(CC)cccc2OC1C(N)=O. The lowest BCUT2D eigenvalue weighted by Crippen LogP contribution is -2.57. The van der Waals surface area contributed by atoms with Crippen LogP contribution in [-0.2, 0) is 17.6 Å². The van der Waals surface area contributed by atoms with Gasteiger partial charge in [0.25, 0.3) is 5.91 Å². The molecular weight excluding hydrogens is 276 g/mol. The van der Waals surface area contributed by atoms with Crippen LogP contribution in [0.5, 0.6) is 5.75 Å². The van der Waals surface area contributed by atoms with Crippen LogP contribution in [0, 0.1) is 0 Å². The Morgan fingerprint density at radius 3 is 2.68 bits per heavy atom. The van der Waals surface area contributed by atoms with Gasteiger partial charge in [-0.1, -0.05) is 26.0 Å². The lowest BCUT2D eigenvalue weighted by molar-refractivity contribution is -0.129. The van der Waals surface area contributed by atoms with Gasteiger partial charge in [-0.25, -0.2) is 0 Å². The number of carbonyl (C=O) groups excluding carboxylic acids is 1. The fourth-order valence-corrected chi connectivity index (χ4v) is 3.42. The number of nitrogens with two attached hydrogens (primary N) is 1. The highest BCUT2D eigenvalue weighted by Crippen LogP contribution is 2.33. The van der Waals surface area contributed by atoms with Crippen molar-refractivity contribution in [2.45, 2.75) is 65.1 Å². The largest absolute Gasteiger partial charge is 0.479 e. The van der Waals surface area contributed by atoms with Gasteiger partial charge < -0.3 is 10.5 Å². The number of nitrogens with zero attached hydrogens (tertiary/aromatic N) is 1. The Morgan fingerprint density at radius 2 is 2.14 bits per heavy atom. The standard InChI is InChI=1S/C18H28N2O2/c1-5-10-20(12(3)4)15-11-14-13(6-2)8-7-9-16(14)22-17(15)18(19)21/h7-9,12,15,17H,5-6,10-11H2,1-4H3,(H2,19,21). The quantitative estimate of drug-likeness (QED) is 0.878. The number of rotatable bonds is 6. The molecule has 1 aliphatic rings. The van der Waals surface area contributed by atoms with Gasteiger partial charge in [0.15, 0.2) is 6.10 Å². The number of benzene rings is 1. The van der Waals surface area contributed by atoms with Crippen LogP contribution in [0.1, 0.15) is 45.2 Å². The predicted molar refractivity (Wildman–Crippen MR) is 89.1 cm³/mol. The maximum atomic E-state index is 11.9. The molecule has 4 nitrogen and oxygen atoms in total. The molecule has 2 N–H and O–H groups in total. The first-order valence-electron chi connectivity index (χ1n) is 8.32. The van der Waals surface area contributed by atoms with E-state index in [4.69, 9.17) is 10.5 Å². The first-order valence-corrected chi connectivity index (χ1v) is 8.32. The Labute approximate surface area is 133 Å². The van der Waals surface area contributed by atoms with Crippen molar-refractivity contribution in [2.75, 3.05) is 6.54 Å². The Hall–Kier alpha value is -1.55. The maximum Gasteiger partial charge on any atom is 0.260 e. The van der Waals surface area contributed by atoms with Crippen molar-refractivity contribution in [1.29, 1.82) is 0 Å². The van der Waals surface area contributed by atoms with Gasteiger partial charge in [-0.3, -0.25) is 9.69 Å². The molecule has 0 bridgehead atoms. The predicted octanol–water partition coefficient (Wildman–Crippen LogP) is 2.53. The molecular formula is C18H28N2O2. The Morgan fingerprint density at radius 1 is 1.41 bits per heavy atom. The summed E-state index contributed by atoms with van der Waals surface area (Å²) < 4.78 is 6.01. The molecule has 1 heterocycles. The molecule has 2 rings (SSSR count). The van der Waals surface area contributed by atoms with E-state index in [1.54, 1.807) is 0 Å². The number of ether oxygens (including phenoxy) is 1. The third-order valence-electron chi connectivity index (χ3n) is 4.48. The second-order valence-electron chi connectivity index (χ2n) is 6.29. The summed E-state index contributed by atoms with van der Waals surface area (Å²) in [6.45, 7) is 9.57. The van der Waals surface area contributed by atoms with Crippen molar-refractivity contribution in [1.82, 2.24) is 4.90 Å². The lowest BCUT2D eigenvalue weighted by Gasteiger charge is -2.41. The summed E-state index contributed by atoms with van der Waals surface area (Å²) >= 11 is 0. The molecule has 1 aromatic carbocycles. The van der Waals surface area contributed by atoms with E-state index in [2.05, 4.69) is 38.7 Å². The fourth-order valence-electron chi connectivity index (χ4n) is 3.42. The van der Waals surface area contributed by atoms with Gasteiger partial charge >= 0.3 is 0 Å². The van der Waals surface area contributed by atoms with Crippen molar-refractivity contribution in [3.05, 3.63) is 29.3 Å². The molecule has 1 aliphatic heterocycles. The van der Waals surface area contributed by atoms with Crippen molar-refractivity contribution in [3.8, 4) is 5.75 Å². The number of carbonyl (C=O) groups is 1. The van der Waals surface area contributed by atoms with Gasteiger partial charge in [0.1, 0.15) is 5.75 Å². The summed E-state index contributed by atoms with van der Waals surface area (Å²) in [7, 11) is 0. The van der Waals surface area contributed by atoms with Crippen molar-refractivity contribution in [3.63, 3.8) is 0 Å². The van der Waals surface area contributed by atoms with Crippen LogP contribution in [0.2, 0.25) is 0 Å². The van der Waals surface area contributed by atoms with E-state index in [1.165, 1.54) is 11.1 Å². The second kappa shape index (κ2) is 7.14. The maximum absolute atomic E-state index is 11.9. The average Bonchev–Trinajstić information content (AvgIpc) is 2.50. The zero-order chi connectivity index (χ0) is 16.3. The summed E-state index contributed by atoms with van der Waals surface area (Å²) in [4.78, 5) is 14.3. The minimum Gasteiger partial charge on any atom is -0.479 e. The van der Waals surface area contributed by atoms with E-state index in [1.807, 2.05) is 12.1 Å². The van der Waals surface area contributed by atoms with E-state index < -0.39 is 6.10 Å². The minimum atomic E-state index is -0.575. The molecule has 0 aliphatic carbocycles. The third kappa shape index (κ3) is 3.27. The van der Waals surface area contributed by atoms with Gasteiger partial charge in [0.2, 0.25) is 0 Å². The Balaban J connectivity index is 2.40. The van der Waals surface area contributed by atoms with Crippen LogP contribution < -0.4 is 10.5 Å². The molecule has 1 aromatic rings. The van der Waals surface area contributed by atoms with Crippen molar-refractivity contribution < 1.29 is 9.53 Å². The van der Waals surface area contributed by atoms with E-state index in [0.29, 0.717) is 6.04 Å². The molecule has 0 radical (unpaired) electrons. The highest BCUT2D eigenvalue weighted by molar-refractivity contribution is 5.80. The lowest BCUT2D eigenvalue weighted by atomic mass is 9.90. The molecule has 0 aromatic heterocycles. The summed E-state index contributed by atoms with van der Waals surface area (Å²) in [6, 6.07) is 6.44. The molecule has 4 heteroatoms. The number of primary amides is 1. The smallest absolute Gasteiger partial charge is 0.260 e. The van der Waals surface area contributed by atoms with Crippen molar-refractivity contribution >= 4 is 5.91 Å². The van der Waals surface area contributed by atoms with E-state index in [9.17, 15) is 4.79 Å². The first-order chi connectivity index (χ1) is 10.5. The fraction of sp³-hybridized carbons (Fsp3) is 0.611. The van der Waals surface area contributed by atoms with E-state index >= 15 is 0 Å². The summed E-state index contributed by atoms with van der Waals surface area (Å²) in [5.41, 5.74) is 8.16. The van der Waals surface area contributed by atoms with E-state index in [-0.39, 0.29) is 11.9 Å². The molecule has 0 saturated heterocycles. The van der Waals surface area contributed by atoms with Crippen LogP contribution in [0.15, 0.2) is 18.2 Å². The zero-order valence-corrected chi connectivity index (χ0v) is 14.1. The van der Waals surface area contributed by atoms with Crippen LogP contribution >= 0.6 is 0 Å². The molecule has 2 atom stereocenters. The molecule has 0 fully saturated rings. The van der Waals surface area contributed by atoms with Crippen molar-refractivity contribution in [2.24, 2.45) is 5.73 Å². The van der Waals surface area contributed by atoms with Gasteiger partial charge in [-0.05, 0) is 56.8 Å². The van der Waals surface area contributed by atoms with Gasteiger partial charge in [0, 0.05) is 6.04 Å². The normalized spacial score (nSPS) is 20.8. The third-order valence-corrected chi connectivity index (χ3v) is 4.48. The second-order valence-corrected chi connectivity index (χ2v) is 6.29. The number of hydrogen-bond donors (Lipinski definition) is 1. The number of hydrogen-bond acceptors (Lipinski definition) is 3. The molecule has 0 saturated carbocycles. The van der Waals surface area contributed by atoms with Crippen LogP contribution in [0.25, 0.3) is 0 Å². The monoisotopic (exact) mass is 304 g/mol. The molecule has 22 heavy (non-hydrogen) atoms. The first kappa shape index (κ1) is 16.8. The summed E-state index contributed by atoms with van der Waals surface area (Å²) in [5.74, 6) is 0.443. The zero-order valence-electron chi connectivity index (χ0n) is 14.1. The Kier molecular flexibility index (Phi) is 5.46. The van der Waals surface area contributed by atoms with Crippen LogP contribution in [0.3, 0.4) is 0 Å². The van der Waals surface area contributed by atoms with Crippen LogP contribution in [0.4, 0.5) is 0 Å². The highest BCUT2D eigenvalue weighted by atomic mass is 16.5. The summed E-state index contributed by atoms with van der Waals surface area (Å²) in [6.07, 6.45) is 2.26. The number of aryl methyl sites for hydroxylation is 1. The molecule has 1 amide bonds.